The van der Waals surface area contributed by atoms with Crippen molar-refractivity contribution >= 4 is 27.4 Å². The number of fused-ring (bicyclic) bond motifs is 1. The van der Waals surface area contributed by atoms with E-state index in [-0.39, 0.29) is 21.9 Å². The van der Waals surface area contributed by atoms with Crippen LogP contribution in [0.15, 0.2) is 18.2 Å². The topological polar surface area (TPSA) is 69.4 Å². The van der Waals surface area contributed by atoms with Crippen LogP contribution in [0.25, 0.3) is 0 Å². The minimum absolute atomic E-state index is 0.0997. The lowest BCUT2D eigenvalue weighted by Gasteiger charge is -2.05. The zero-order chi connectivity index (χ0) is 11.7. The number of carbonyl (C=O) groups is 1. The molecule has 0 saturated heterocycles. The van der Waals surface area contributed by atoms with Gasteiger partial charge in [0.1, 0.15) is 5.75 Å². The largest absolute Gasteiger partial charge is 0.493 e. The fourth-order valence-electron chi connectivity index (χ4n) is 1.52. The van der Waals surface area contributed by atoms with E-state index in [0.29, 0.717) is 18.8 Å². The summed E-state index contributed by atoms with van der Waals surface area (Å²) < 4.78 is 5.35. The number of Topliss-reactive ketones (excluding diaryl/α,β-unsaturated/α-hetero) is 1. The molecule has 0 aromatic heterocycles. The number of carbonyl (C=O) groups excluding carboxylic acids is 1. The Morgan fingerprint density at radius 3 is 2.94 bits per heavy atom. The number of ketones is 1. The maximum absolute atomic E-state index is 11.9. The van der Waals surface area contributed by atoms with Crippen molar-refractivity contribution in [3.63, 3.8) is 0 Å². The number of nitro benzene ring substituents is 1. The van der Waals surface area contributed by atoms with Crippen molar-refractivity contribution in [3.8, 4) is 5.75 Å². The fraction of sp³-hybridized carbons (Fsp3) is 0.300. The molecule has 1 aliphatic heterocycles. The van der Waals surface area contributed by atoms with E-state index in [1.165, 1.54) is 18.2 Å². The second-order valence-electron chi connectivity index (χ2n) is 3.41. The highest BCUT2D eigenvalue weighted by Crippen LogP contribution is 2.30. The summed E-state index contributed by atoms with van der Waals surface area (Å²) in [6, 6.07) is 4.06. The van der Waals surface area contributed by atoms with E-state index in [9.17, 15) is 14.9 Å². The van der Waals surface area contributed by atoms with Crippen molar-refractivity contribution in [2.45, 2.75) is 11.2 Å². The van der Waals surface area contributed by atoms with Crippen LogP contribution in [-0.2, 0) is 0 Å². The van der Waals surface area contributed by atoms with Gasteiger partial charge in [-0.2, -0.15) is 0 Å². The highest BCUT2D eigenvalue weighted by molar-refractivity contribution is 9.10. The number of rotatable bonds is 1. The molecule has 1 heterocycles. The van der Waals surface area contributed by atoms with Gasteiger partial charge in [-0.05, 0) is 6.07 Å². The van der Waals surface area contributed by atoms with Gasteiger partial charge in [0.25, 0.3) is 5.69 Å². The maximum atomic E-state index is 11.9. The molecule has 0 amide bonds. The fourth-order valence-corrected chi connectivity index (χ4v) is 1.96. The molecule has 0 N–H and O–H groups in total. The van der Waals surface area contributed by atoms with E-state index >= 15 is 0 Å². The zero-order valence-electron chi connectivity index (χ0n) is 8.18. The van der Waals surface area contributed by atoms with E-state index < -0.39 is 4.92 Å². The van der Waals surface area contributed by atoms with Gasteiger partial charge in [0, 0.05) is 18.6 Å². The second-order valence-corrected chi connectivity index (χ2v) is 4.51. The van der Waals surface area contributed by atoms with Gasteiger partial charge in [-0.3, -0.25) is 14.9 Å². The highest BCUT2D eigenvalue weighted by atomic mass is 79.9. The van der Waals surface area contributed by atoms with Gasteiger partial charge in [-0.15, -0.1) is 0 Å². The van der Waals surface area contributed by atoms with Crippen LogP contribution in [0.5, 0.6) is 5.75 Å². The van der Waals surface area contributed by atoms with Crippen LogP contribution in [-0.4, -0.2) is 22.1 Å². The number of alkyl halides is 1. The van der Waals surface area contributed by atoms with E-state index in [0.717, 1.165) is 0 Å². The average Bonchev–Trinajstić information content (AvgIpc) is 2.40. The molecule has 6 heteroatoms. The molecule has 2 rings (SSSR count). The third-order valence-electron chi connectivity index (χ3n) is 2.35. The number of non-ortho nitro benzene ring substituents is 1. The second kappa shape index (κ2) is 4.21. The molecule has 0 radical (unpaired) electrons. The van der Waals surface area contributed by atoms with Crippen LogP contribution in [0.2, 0.25) is 0 Å². The van der Waals surface area contributed by atoms with Crippen LogP contribution in [0.3, 0.4) is 0 Å². The number of hydrogen-bond donors (Lipinski definition) is 0. The molecule has 1 aliphatic rings. The summed E-state index contributed by atoms with van der Waals surface area (Å²) in [5.41, 5.74) is 0.172. The molecule has 0 bridgehead atoms. The van der Waals surface area contributed by atoms with Gasteiger partial charge in [0.15, 0.2) is 5.78 Å². The Labute approximate surface area is 99.7 Å². The molecule has 0 spiro atoms. The Hall–Kier alpha value is -1.43. The van der Waals surface area contributed by atoms with Gasteiger partial charge in [-0.25, -0.2) is 0 Å². The zero-order valence-corrected chi connectivity index (χ0v) is 9.77. The Kier molecular flexibility index (Phi) is 2.91. The third kappa shape index (κ3) is 1.92. The molecule has 16 heavy (non-hydrogen) atoms. The summed E-state index contributed by atoms with van der Waals surface area (Å²) in [6.07, 6.45) is 0.557. The van der Waals surface area contributed by atoms with Crippen molar-refractivity contribution in [1.29, 1.82) is 0 Å². The number of nitrogens with zero attached hydrogens (tertiary/aromatic N) is 1. The first kappa shape index (κ1) is 11.1. The first-order valence-corrected chi connectivity index (χ1v) is 5.60. The van der Waals surface area contributed by atoms with Crippen LogP contribution in [0.4, 0.5) is 5.69 Å². The van der Waals surface area contributed by atoms with Gasteiger partial charge in [0.2, 0.25) is 0 Å². The molecule has 1 atom stereocenters. The maximum Gasteiger partial charge on any atom is 0.270 e. The van der Waals surface area contributed by atoms with Gasteiger partial charge in [0.05, 0.1) is 21.9 Å². The van der Waals surface area contributed by atoms with Gasteiger partial charge >= 0.3 is 0 Å². The van der Waals surface area contributed by atoms with Crippen molar-refractivity contribution in [3.05, 3.63) is 33.9 Å². The summed E-state index contributed by atoms with van der Waals surface area (Å²) >= 11 is 3.24. The van der Waals surface area contributed by atoms with Crippen LogP contribution >= 0.6 is 15.9 Å². The Bertz CT molecular complexity index is 460. The molecular weight excluding hydrogens is 278 g/mol. The first-order chi connectivity index (χ1) is 7.59. The lowest BCUT2D eigenvalue weighted by molar-refractivity contribution is -0.384. The quantitative estimate of drug-likeness (QED) is 0.451. The van der Waals surface area contributed by atoms with Crippen molar-refractivity contribution in [2.75, 3.05) is 6.61 Å². The minimum atomic E-state index is -0.526. The summed E-state index contributed by atoms with van der Waals surface area (Å²) in [7, 11) is 0. The lowest BCUT2D eigenvalue weighted by atomic mass is 10.1. The van der Waals surface area contributed by atoms with E-state index in [1.807, 2.05) is 0 Å². The van der Waals surface area contributed by atoms with E-state index in [4.69, 9.17) is 4.74 Å². The molecule has 0 saturated carbocycles. The van der Waals surface area contributed by atoms with Gasteiger partial charge in [-0.1, -0.05) is 15.9 Å². The third-order valence-corrected chi connectivity index (χ3v) is 3.23. The number of ether oxygens (including phenoxy) is 1. The molecule has 1 unspecified atom stereocenters. The van der Waals surface area contributed by atoms with Crippen molar-refractivity contribution in [1.82, 2.24) is 0 Å². The first-order valence-electron chi connectivity index (χ1n) is 4.69. The van der Waals surface area contributed by atoms with Crippen LogP contribution < -0.4 is 4.74 Å². The molecule has 84 valence electrons. The summed E-state index contributed by atoms with van der Waals surface area (Å²) in [6.45, 7) is 0.423. The number of benzene rings is 1. The van der Waals surface area contributed by atoms with Crippen LogP contribution in [0.1, 0.15) is 16.8 Å². The standard InChI is InChI=1S/C10H8BrNO4/c11-8-3-4-16-9-2-1-6(12(14)15)5-7(9)10(8)13/h1-2,5,8H,3-4H2. The Balaban J connectivity index is 2.50. The van der Waals surface area contributed by atoms with E-state index in [2.05, 4.69) is 15.9 Å². The summed E-state index contributed by atoms with van der Waals surface area (Å²) in [4.78, 5) is 21.6. The molecule has 0 aliphatic carbocycles. The Morgan fingerprint density at radius 1 is 1.50 bits per heavy atom. The van der Waals surface area contributed by atoms with Crippen molar-refractivity contribution < 1.29 is 14.5 Å². The smallest absolute Gasteiger partial charge is 0.270 e. The predicted molar refractivity (Wildman–Crippen MR) is 60.3 cm³/mol. The number of halogens is 1. The molecular formula is C10H8BrNO4. The van der Waals surface area contributed by atoms with E-state index in [1.54, 1.807) is 0 Å². The SMILES string of the molecule is O=C1c2cc([N+](=O)[O-])ccc2OCCC1Br. The number of hydrogen-bond acceptors (Lipinski definition) is 4. The average molecular weight is 286 g/mol. The number of nitro groups is 1. The normalized spacial score (nSPS) is 19.6. The molecule has 1 aromatic rings. The molecule has 0 fully saturated rings. The lowest BCUT2D eigenvalue weighted by Crippen LogP contribution is -2.13. The minimum Gasteiger partial charge on any atom is -0.493 e. The predicted octanol–water partition coefficient (Wildman–Crippen LogP) is 2.32. The molecule has 5 nitrogen and oxygen atoms in total. The summed E-state index contributed by atoms with van der Waals surface area (Å²) in [5.74, 6) is 0.244. The van der Waals surface area contributed by atoms with Crippen molar-refractivity contribution in [2.24, 2.45) is 0 Å². The Morgan fingerprint density at radius 2 is 2.25 bits per heavy atom. The molecule has 1 aromatic carbocycles. The highest BCUT2D eigenvalue weighted by Gasteiger charge is 2.26. The summed E-state index contributed by atoms with van der Waals surface area (Å²) in [5, 5.41) is 10.6. The van der Waals surface area contributed by atoms with Gasteiger partial charge < -0.3 is 4.74 Å². The van der Waals surface area contributed by atoms with Crippen LogP contribution in [0, 0.1) is 10.1 Å². The monoisotopic (exact) mass is 285 g/mol.